The summed E-state index contributed by atoms with van der Waals surface area (Å²) in [6.07, 6.45) is 1.63. The molecule has 0 atom stereocenters. The van der Waals surface area contributed by atoms with Crippen LogP contribution < -0.4 is 10.6 Å². The number of pyridine rings is 1. The maximum Gasteiger partial charge on any atom is 0.269 e. The van der Waals surface area contributed by atoms with E-state index in [1.165, 1.54) is 0 Å². The summed E-state index contributed by atoms with van der Waals surface area (Å²) < 4.78 is 0. The first-order valence-electron chi connectivity index (χ1n) is 5.34. The second-order valence-corrected chi connectivity index (χ2v) is 4.92. The molecule has 0 unspecified atom stereocenters. The van der Waals surface area contributed by atoms with Crippen molar-refractivity contribution < 1.29 is 4.79 Å². The Hall–Kier alpha value is -1.58. The van der Waals surface area contributed by atoms with Gasteiger partial charge in [0.25, 0.3) is 5.91 Å². The summed E-state index contributed by atoms with van der Waals surface area (Å²) in [5, 5.41) is 5.84. The quantitative estimate of drug-likeness (QED) is 0.819. The average Bonchev–Trinajstić information content (AvgIpc) is 2.25. The number of nitrogens with one attached hydrogen (secondary N) is 2. The first kappa shape index (κ1) is 12.5. The fourth-order valence-electron chi connectivity index (χ4n) is 1.16. The lowest BCUT2D eigenvalue weighted by atomic mass is 9.97. The molecule has 88 valence electrons. The fraction of sp³-hybridized carbons (Fsp3) is 0.500. The third-order valence-electron chi connectivity index (χ3n) is 2.04. The lowest BCUT2D eigenvalue weighted by Crippen LogP contribution is -2.21. The van der Waals surface area contributed by atoms with E-state index in [2.05, 4.69) is 36.4 Å². The van der Waals surface area contributed by atoms with E-state index < -0.39 is 0 Å². The van der Waals surface area contributed by atoms with Gasteiger partial charge in [0.2, 0.25) is 0 Å². The lowest BCUT2D eigenvalue weighted by Gasteiger charge is -2.19. The molecule has 4 heteroatoms. The van der Waals surface area contributed by atoms with Gasteiger partial charge < -0.3 is 10.6 Å². The molecule has 1 rings (SSSR count). The van der Waals surface area contributed by atoms with Gasteiger partial charge in [-0.25, -0.2) is 0 Å². The lowest BCUT2D eigenvalue weighted by molar-refractivity contribution is 0.0958. The summed E-state index contributed by atoms with van der Waals surface area (Å²) in [6, 6.07) is 3.61. The normalized spacial score (nSPS) is 11.0. The molecule has 1 amide bonds. The highest BCUT2D eigenvalue weighted by Gasteiger charge is 2.10. The van der Waals surface area contributed by atoms with Crippen LogP contribution in [-0.2, 0) is 0 Å². The zero-order valence-electron chi connectivity index (χ0n) is 10.3. The third kappa shape index (κ3) is 3.88. The predicted molar refractivity (Wildman–Crippen MR) is 65.6 cm³/mol. The van der Waals surface area contributed by atoms with Gasteiger partial charge in [0, 0.05) is 25.5 Å². The first-order valence-corrected chi connectivity index (χ1v) is 5.34. The van der Waals surface area contributed by atoms with Gasteiger partial charge in [0.1, 0.15) is 5.69 Å². The molecular formula is C12H19N3O. The van der Waals surface area contributed by atoms with Crippen LogP contribution in [0.4, 0.5) is 5.69 Å². The van der Waals surface area contributed by atoms with Crippen LogP contribution in [0.25, 0.3) is 0 Å². The number of amides is 1. The summed E-state index contributed by atoms with van der Waals surface area (Å²) in [6.45, 7) is 7.31. The molecule has 0 aliphatic heterocycles. The number of aromatic nitrogens is 1. The van der Waals surface area contributed by atoms with Gasteiger partial charge in [-0.1, -0.05) is 20.8 Å². The number of anilines is 1. The van der Waals surface area contributed by atoms with E-state index in [0.717, 1.165) is 12.2 Å². The average molecular weight is 221 g/mol. The number of nitrogens with zero attached hydrogens (tertiary/aromatic N) is 1. The van der Waals surface area contributed by atoms with Crippen molar-refractivity contribution in [2.24, 2.45) is 5.41 Å². The Morgan fingerprint density at radius 3 is 2.69 bits per heavy atom. The number of hydrogen-bond acceptors (Lipinski definition) is 3. The SMILES string of the molecule is CNC(=O)c1cc(NCC(C)(C)C)ccn1. The molecule has 1 aromatic rings. The molecule has 1 heterocycles. The number of hydrogen-bond donors (Lipinski definition) is 2. The van der Waals surface area contributed by atoms with Gasteiger partial charge in [0.15, 0.2) is 0 Å². The fourth-order valence-corrected chi connectivity index (χ4v) is 1.16. The number of carbonyl (C=O) groups is 1. The zero-order chi connectivity index (χ0) is 12.2. The predicted octanol–water partition coefficient (Wildman–Crippen LogP) is 1.90. The van der Waals surface area contributed by atoms with Gasteiger partial charge in [-0.2, -0.15) is 0 Å². The largest absolute Gasteiger partial charge is 0.384 e. The Balaban J connectivity index is 2.71. The van der Waals surface area contributed by atoms with Crippen LogP contribution in [0.1, 0.15) is 31.3 Å². The van der Waals surface area contributed by atoms with Crippen LogP contribution in [0.15, 0.2) is 18.3 Å². The standard InChI is InChI=1S/C12H19N3O/c1-12(2,3)8-15-9-5-6-14-10(7-9)11(16)13-4/h5-7H,8H2,1-4H3,(H,13,16)(H,14,15). The van der Waals surface area contributed by atoms with Crippen molar-refractivity contribution in [1.82, 2.24) is 10.3 Å². The second kappa shape index (κ2) is 4.96. The minimum atomic E-state index is -0.167. The van der Waals surface area contributed by atoms with Gasteiger partial charge in [-0.3, -0.25) is 9.78 Å². The van der Waals surface area contributed by atoms with E-state index in [-0.39, 0.29) is 11.3 Å². The van der Waals surface area contributed by atoms with Crippen molar-refractivity contribution in [3.63, 3.8) is 0 Å². The molecule has 2 N–H and O–H groups in total. The zero-order valence-corrected chi connectivity index (χ0v) is 10.3. The summed E-state index contributed by atoms with van der Waals surface area (Å²) in [5.74, 6) is -0.167. The van der Waals surface area contributed by atoms with Crippen molar-refractivity contribution in [3.05, 3.63) is 24.0 Å². The summed E-state index contributed by atoms with van der Waals surface area (Å²) in [4.78, 5) is 15.4. The maximum absolute atomic E-state index is 11.4. The minimum absolute atomic E-state index is 0.167. The first-order chi connectivity index (χ1) is 7.42. The summed E-state index contributed by atoms with van der Waals surface area (Å²) in [7, 11) is 1.60. The van der Waals surface area contributed by atoms with Gasteiger partial charge in [-0.15, -0.1) is 0 Å². The molecule has 0 bridgehead atoms. The van der Waals surface area contributed by atoms with Crippen LogP contribution in [0.3, 0.4) is 0 Å². The topological polar surface area (TPSA) is 54.0 Å². The van der Waals surface area contributed by atoms with Crippen molar-refractivity contribution in [1.29, 1.82) is 0 Å². The van der Waals surface area contributed by atoms with E-state index in [9.17, 15) is 4.79 Å². The Bertz CT molecular complexity index is 369. The third-order valence-corrected chi connectivity index (χ3v) is 2.04. The molecular weight excluding hydrogens is 202 g/mol. The maximum atomic E-state index is 11.4. The highest BCUT2D eigenvalue weighted by Crippen LogP contribution is 2.15. The van der Waals surface area contributed by atoms with E-state index in [1.807, 2.05) is 6.07 Å². The van der Waals surface area contributed by atoms with Crippen LogP contribution >= 0.6 is 0 Å². The smallest absolute Gasteiger partial charge is 0.269 e. The van der Waals surface area contributed by atoms with Crippen LogP contribution in [0.2, 0.25) is 0 Å². The molecule has 0 saturated heterocycles. The highest BCUT2D eigenvalue weighted by atomic mass is 16.1. The van der Waals surface area contributed by atoms with Crippen LogP contribution in [-0.4, -0.2) is 24.5 Å². The molecule has 0 saturated carbocycles. The van der Waals surface area contributed by atoms with Gasteiger partial charge in [-0.05, 0) is 17.5 Å². The molecule has 0 aromatic carbocycles. The highest BCUT2D eigenvalue weighted by molar-refractivity contribution is 5.92. The van der Waals surface area contributed by atoms with Crippen molar-refractivity contribution in [2.75, 3.05) is 18.9 Å². The summed E-state index contributed by atoms with van der Waals surface area (Å²) in [5.41, 5.74) is 1.56. The number of carbonyl (C=O) groups excluding carboxylic acids is 1. The Kier molecular flexibility index (Phi) is 3.88. The van der Waals surface area contributed by atoms with Crippen molar-refractivity contribution in [3.8, 4) is 0 Å². The monoisotopic (exact) mass is 221 g/mol. The molecule has 0 radical (unpaired) electrons. The molecule has 1 aromatic heterocycles. The molecule has 16 heavy (non-hydrogen) atoms. The minimum Gasteiger partial charge on any atom is -0.384 e. The van der Waals surface area contributed by atoms with E-state index in [0.29, 0.717) is 5.69 Å². The molecule has 0 spiro atoms. The molecule has 4 nitrogen and oxygen atoms in total. The van der Waals surface area contributed by atoms with Crippen molar-refractivity contribution in [2.45, 2.75) is 20.8 Å². The Labute approximate surface area is 96.5 Å². The van der Waals surface area contributed by atoms with E-state index >= 15 is 0 Å². The number of rotatable bonds is 3. The van der Waals surface area contributed by atoms with Gasteiger partial charge in [0.05, 0.1) is 0 Å². The van der Waals surface area contributed by atoms with E-state index in [1.54, 1.807) is 19.3 Å². The molecule has 0 fully saturated rings. The van der Waals surface area contributed by atoms with Crippen LogP contribution in [0, 0.1) is 5.41 Å². The van der Waals surface area contributed by atoms with Crippen LogP contribution in [0.5, 0.6) is 0 Å². The van der Waals surface area contributed by atoms with E-state index in [4.69, 9.17) is 0 Å². The van der Waals surface area contributed by atoms with Gasteiger partial charge >= 0.3 is 0 Å². The Morgan fingerprint density at radius 2 is 2.12 bits per heavy atom. The second-order valence-electron chi connectivity index (χ2n) is 4.92. The van der Waals surface area contributed by atoms with Crippen molar-refractivity contribution >= 4 is 11.6 Å². The summed E-state index contributed by atoms with van der Waals surface area (Å²) >= 11 is 0. The molecule has 0 aliphatic rings. The Morgan fingerprint density at radius 1 is 1.44 bits per heavy atom. The molecule has 0 aliphatic carbocycles.